The summed E-state index contributed by atoms with van der Waals surface area (Å²) in [5, 5.41) is 1.43. The average molecular weight is 422 g/mol. The van der Waals surface area contributed by atoms with Gasteiger partial charge in [-0.25, -0.2) is 0 Å². The Kier molecular flexibility index (Phi) is 6.27. The van der Waals surface area contributed by atoms with Crippen molar-refractivity contribution >= 4 is 46.7 Å². The van der Waals surface area contributed by atoms with Crippen LogP contribution in [-0.4, -0.2) is 5.78 Å². The van der Waals surface area contributed by atoms with Crippen molar-refractivity contribution in [3.63, 3.8) is 0 Å². The molecule has 0 radical (unpaired) electrons. The van der Waals surface area contributed by atoms with E-state index in [0.29, 0.717) is 37.9 Å². The van der Waals surface area contributed by atoms with Crippen molar-refractivity contribution in [2.75, 3.05) is 0 Å². The third-order valence-electron chi connectivity index (χ3n) is 3.87. The third kappa shape index (κ3) is 4.95. The molecule has 0 aliphatic rings. The van der Waals surface area contributed by atoms with Crippen molar-refractivity contribution in [1.29, 1.82) is 0 Å². The second-order valence-corrected chi connectivity index (χ2v) is 7.03. The zero-order valence-electron chi connectivity index (χ0n) is 14.3. The van der Waals surface area contributed by atoms with E-state index in [0.717, 1.165) is 5.56 Å². The van der Waals surface area contributed by atoms with E-state index in [1.807, 2.05) is 25.1 Å². The summed E-state index contributed by atoms with van der Waals surface area (Å²) in [6.45, 7) is 2.15. The van der Waals surface area contributed by atoms with E-state index in [1.54, 1.807) is 30.3 Å². The van der Waals surface area contributed by atoms with Crippen LogP contribution in [0.2, 0.25) is 15.1 Å². The minimum atomic E-state index is -0.236. The van der Waals surface area contributed by atoms with Gasteiger partial charge in [0.1, 0.15) is 23.9 Å². The number of allylic oxidation sites excluding steroid dienone is 1. The topological polar surface area (TPSA) is 39.4 Å². The maximum Gasteiger partial charge on any atom is 0.187 e. The number of rotatable bonds is 6. The number of benzene rings is 2. The van der Waals surface area contributed by atoms with Crippen molar-refractivity contribution < 1.29 is 13.9 Å². The zero-order chi connectivity index (χ0) is 19.4. The van der Waals surface area contributed by atoms with Crippen LogP contribution in [0.15, 0.2) is 59.0 Å². The van der Waals surface area contributed by atoms with Crippen LogP contribution < -0.4 is 4.74 Å². The Morgan fingerprint density at radius 1 is 1.07 bits per heavy atom. The Morgan fingerprint density at radius 2 is 1.89 bits per heavy atom. The molecule has 0 spiro atoms. The highest BCUT2D eigenvalue weighted by atomic mass is 35.5. The van der Waals surface area contributed by atoms with Gasteiger partial charge in [0.05, 0.1) is 5.02 Å². The van der Waals surface area contributed by atoms with Crippen LogP contribution in [0.1, 0.15) is 27.4 Å². The second-order valence-electron chi connectivity index (χ2n) is 5.78. The lowest BCUT2D eigenvalue weighted by Gasteiger charge is -2.08. The van der Waals surface area contributed by atoms with Crippen molar-refractivity contribution in [3.8, 4) is 5.75 Å². The lowest BCUT2D eigenvalue weighted by molar-refractivity contribution is 0.104. The minimum Gasteiger partial charge on any atom is -0.485 e. The van der Waals surface area contributed by atoms with Gasteiger partial charge in [0.25, 0.3) is 0 Å². The Morgan fingerprint density at radius 3 is 2.67 bits per heavy atom. The summed E-state index contributed by atoms with van der Waals surface area (Å²) in [6, 6.07) is 13.8. The van der Waals surface area contributed by atoms with Gasteiger partial charge >= 0.3 is 0 Å². The van der Waals surface area contributed by atoms with Crippen molar-refractivity contribution in [2.45, 2.75) is 13.5 Å². The van der Waals surface area contributed by atoms with Crippen molar-refractivity contribution in [1.82, 2.24) is 0 Å². The molecule has 0 atom stereocenters. The van der Waals surface area contributed by atoms with E-state index in [-0.39, 0.29) is 12.4 Å². The highest BCUT2D eigenvalue weighted by Gasteiger charge is 2.09. The van der Waals surface area contributed by atoms with Gasteiger partial charge in [0, 0.05) is 21.2 Å². The van der Waals surface area contributed by atoms with Crippen LogP contribution in [0.4, 0.5) is 0 Å². The second kappa shape index (κ2) is 8.66. The van der Waals surface area contributed by atoms with Crippen LogP contribution in [0.3, 0.4) is 0 Å². The SMILES string of the molecule is Cc1c(Cl)cccc1OCc1ccc(/C=C/C(=O)c2ccc(Cl)cc2Cl)o1. The molecule has 138 valence electrons. The first-order chi connectivity index (χ1) is 12.9. The molecule has 3 rings (SSSR count). The molecule has 0 unspecified atom stereocenters. The van der Waals surface area contributed by atoms with Gasteiger partial charge in [0.2, 0.25) is 0 Å². The van der Waals surface area contributed by atoms with Gasteiger partial charge in [-0.15, -0.1) is 0 Å². The fraction of sp³-hybridized carbons (Fsp3) is 0.0952. The molecule has 0 saturated carbocycles. The molecule has 0 aliphatic carbocycles. The first-order valence-corrected chi connectivity index (χ1v) is 9.21. The number of ketones is 1. The highest BCUT2D eigenvalue weighted by Crippen LogP contribution is 2.26. The lowest BCUT2D eigenvalue weighted by Crippen LogP contribution is -1.96. The largest absolute Gasteiger partial charge is 0.485 e. The number of carbonyl (C=O) groups excluding carboxylic acids is 1. The number of carbonyl (C=O) groups is 1. The van der Waals surface area contributed by atoms with Gasteiger partial charge in [0.15, 0.2) is 5.78 Å². The van der Waals surface area contributed by atoms with Crippen LogP contribution >= 0.6 is 34.8 Å². The fourth-order valence-corrected chi connectivity index (χ4v) is 3.06. The minimum absolute atomic E-state index is 0.236. The Balaban J connectivity index is 1.64. The number of hydrogen-bond donors (Lipinski definition) is 0. The van der Waals surface area contributed by atoms with Crippen molar-refractivity contribution in [2.24, 2.45) is 0 Å². The Labute approximate surface area is 172 Å². The van der Waals surface area contributed by atoms with Gasteiger partial charge in [-0.2, -0.15) is 0 Å². The van der Waals surface area contributed by atoms with E-state index < -0.39 is 0 Å². The predicted octanol–water partition coefficient (Wildman–Crippen LogP) is 7.02. The molecular formula is C21H15Cl3O3. The van der Waals surface area contributed by atoms with Gasteiger partial charge in [-0.3, -0.25) is 4.79 Å². The molecule has 3 nitrogen and oxygen atoms in total. The first-order valence-electron chi connectivity index (χ1n) is 8.08. The summed E-state index contributed by atoms with van der Waals surface area (Å²) < 4.78 is 11.4. The van der Waals surface area contributed by atoms with E-state index in [9.17, 15) is 4.79 Å². The molecule has 1 aromatic heterocycles. The molecule has 1 heterocycles. The van der Waals surface area contributed by atoms with E-state index in [4.69, 9.17) is 44.0 Å². The average Bonchev–Trinajstić information content (AvgIpc) is 3.09. The maximum absolute atomic E-state index is 12.2. The molecule has 0 fully saturated rings. The van der Waals surface area contributed by atoms with Crippen LogP contribution in [0.5, 0.6) is 5.75 Å². The molecule has 0 N–H and O–H groups in total. The number of furan rings is 1. The third-order valence-corrected chi connectivity index (χ3v) is 4.82. The van der Waals surface area contributed by atoms with Crippen molar-refractivity contribution in [3.05, 3.63) is 92.3 Å². The van der Waals surface area contributed by atoms with Gasteiger partial charge in [-0.1, -0.05) is 40.9 Å². The molecule has 0 aliphatic heterocycles. The summed E-state index contributed by atoms with van der Waals surface area (Å²) >= 11 is 18.0. The zero-order valence-corrected chi connectivity index (χ0v) is 16.6. The van der Waals surface area contributed by atoms with Crippen LogP contribution in [0, 0.1) is 6.92 Å². The van der Waals surface area contributed by atoms with Gasteiger partial charge in [-0.05, 0) is 61.5 Å². The summed E-state index contributed by atoms with van der Waals surface area (Å²) in [4.78, 5) is 12.2. The highest BCUT2D eigenvalue weighted by molar-refractivity contribution is 6.37. The predicted molar refractivity (Wildman–Crippen MR) is 109 cm³/mol. The molecule has 0 saturated heterocycles. The lowest BCUT2D eigenvalue weighted by atomic mass is 10.1. The van der Waals surface area contributed by atoms with E-state index in [2.05, 4.69) is 0 Å². The monoisotopic (exact) mass is 420 g/mol. The summed E-state index contributed by atoms with van der Waals surface area (Å²) in [7, 11) is 0. The molecule has 0 bridgehead atoms. The molecule has 27 heavy (non-hydrogen) atoms. The molecule has 2 aromatic carbocycles. The standard InChI is InChI=1S/C21H15Cl3O3/c1-13-18(23)3-2-4-21(13)26-12-16-7-6-15(27-16)8-10-20(25)17-9-5-14(22)11-19(17)24/h2-11H,12H2,1H3/b10-8+. The van der Waals surface area contributed by atoms with Crippen LogP contribution in [0.25, 0.3) is 6.08 Å². The summed E-state index contributed by atoms with van der Waals surface area (Å²) in [5.74, 6) is 1.63. The maximum atomic E-state index is 12.2. The molecular weight excluding hydrogens is 407 g/mol. The fourth-order valence-electron chi connectivity index (χ4n) is 2.39. The normalized spacial score (nSPS) is 11.1. The first kappa shape index (κ1) is 19.6. The number of hydrogen-bond acceptors (Lipinski definition) is 3. The summed E-state index contributed by atoms with van der Waals surface area (Å²) in [5.41, 5.74) is 1.25. The van der Waals surface area contributed by atoms with Crippen LogP contribution in [-0.2, 0) is 6.61 Å². The quantitative estimate of drug-likeness (QED) is 0.317. The molecule has 3 aromatic rings. The van der Waals surface area contributed by atoms with E-state index >= 15 is 0 Å². The summed E-state index contributed by atoms with van der Waals surface area (Å²) in [6.07, 6.45) is 2.99. The Bertz CT molecular complexity index is 1010. The number of halogens is 3. The van der Waals surface area contributed by atoms with E-state index in [1.165, 1.54) is 12.1 Å². The Hall–Kier alpha value is -2.20. The van der Waals surface area contributed by atoms with Gasteiger partial charge < -0.3 is 9.15 Å². The molecule has 0 amide bonds. The smallest absolute Gasteiger partial charge is 0.187 e. The molecule has 6 heteroatoms. The number of ether oxygens (including phenoxy) is 1.